The maximum absolute atomic E-state index is 12.9. The number of fused-ring (bicyclic) bond motifs is 1. The highest BCUT2D eigenvalue weighted by molar-refractivity contribution is 6.08. The minimum Gasteiger partial charge on any atom is -0.377 e. The molecule has 1 atom stereocenters. The lowest BCUT2D eigenvalue weighted by molar-refractivity contribution is 0.00728. The summed E-state index contributed by atoms with van der Waals surface area (Å²) >= 11 is 0. The van der Waals surface area contributed by atoms with E-state index in [4.69, 9.17) is 4.74 Å². The molecule has 0 unspecified atom stereocenters. The second-order valence-electron chi connectivity index (χ2n) is 5.64. The standard InChI is InChI=1S/C17H22N2O2/c1-3-21-13-7-6-10-19(11-13)17(20)16-12(2)18-15-9-5-4-8-14(15)16/h4-5,8-9,13,18H,3,6-7,10-11H2,1-2H3/t13-/m0/s1. The van der Waals surface area contributed by atoms with Gasteiger partial charge in [0, 0.05) is 36.3 Å². The van der Waals surface area contributed by atoms with E-state index in [9.17, 15) is 4.79 Å². The number of piperidine rings is 1. The van der Waals surface area contributed by atoms with Crippen LogP contribution in [0.2, 0.25) is 0 Å². The third-order valence-corrected chi connectivity index (χ3v) is 4.18. The Kier molecular flexibility index (Phi) is 3.97. The topological polar surface area (TPSA) is 45.3 Å². The molecule has 1 aliphatic rings. The lowest BCUT2D eigenvalue weighted by atomic mass is 10.0. The van der Waals surface area contributed by atoms with Gasteiger partial charge >= 0.3 is 0 Å². The van der Waals surface area contributed by atoms with Gasteiger partial charge in [0.2, 0.25) is 0 Å². The van der Waals surface area contributed by atoms with Crippen molar-refractivity contribution >= 4 is 16.8 Å². The van der Waals surface area contributed by atoms with Crippen molar-refractivity contribution in [2.45, 2.75) is 32.8 Å². The number of nitrogens with zero attached hydrogens (tertiary/aromatic N) is 1. The van der Waals surface area contributed by atoms with Crippen molar-refractivity contribution in [3.63, 3.8) is 0 Å². The van der Waals surface area contributed by atoms with Gasteiger partial charge in [-0.3, -0.25) is 4.79 Å². The van der Waals surface area contributed by atoms with E-state index in [1.54, 1.807) is 0 Å². The summed E-state index contributed by atoms with van der Waals surface area (Å²) in [5, 5.41) is 1.01. The van der Waals surface area contributed by atoms with Gasteiger partial charge in [-0.25, -0.2) is 0 Å². The van der Waals surface area contributed by atoms with Crippen LogP contribution in [0.4, 0.5) is 0 Å². The van der Waals surface area contributed by atoms with Crippen LogP contribution >= 0.6 is 0 Å². The van der Waals surface area contributed by atoms with Gasteiger partial charge in [0.05, 0.1) is 11.7 Å². The number of ether oxygens (including phenoxy) is 1. The van der Waals surface area contributed by atoms with Gasteiger partial charge in [-0.2, -0.15) is 0 Å². The number of amides is 1. The Balaban J connectivity index is 1.88. The molecule has 0 aliphatic carbocycles. The van der Waals surface area contributed by atoms with Gasteiger partial charge in [-0.15, -0.1) is 0 Å². The molecule has 3 rings (SSSR count). The molecule has 0 spiro atoms. The number of carbonyl (C=O) groups excluding carboxylic acids is 1. The molecule has 4 nitrogen and oxygen atoms in total. The summed E-state index contributed by atoms with van der Waals surface area (Å²) in [5.41, 5.74) is 2.78. The average molecular weight is 286 g/mol. The molecular weight excluding hydrogens is 264 g/mol. The molecule has 1 aromatic heterocycles. The van der Waals surface area contributed by atoms with E-state index < -0.39 is 0 Å². The van der Waals surface area contributed by atoms with Crippen LogP contribution in [0.5, 0.6) is 0 Å². The van der Waals surface area contributed by atoms with Crippen molar-refractivity contribution in [2.75, 3.05) is 19.7 Å². The number of likely N-dealkylation sites (tertiary alicyclic amines) is 1. The second-order valence-corrected chi connectivity index (χ2v) is 5.64. The minimum atomic E-state index is 0.120. The zero-order valence-corrected chi connectivity index (χ0v) is 12.7. The number of aryl methyl sites for hydroxylation is 1. The number of benzene rings is 1. The zero-order chi connectivity index (χ0) is 14.8. The number of para-hydroxylation sites is 1. The fraction of sp³-hybridized carbons (Fsp3) is 0.471. The predicted octanol–water partition coefficient (Wildman–Crippen LogP) is 3.12. The highest BCUT2D eigenvalue weighted by atomic mass is 16.5. The molecule has 2 heterocycles. The average Bonchev–Trinajstić information content (AvgIpc) is 2.83. The van der Waals surface area contributed by atoms with Crippen LogP contribution in [-0.4, -0.2) is 41.6 Å². The Morgan fingerprint density at radius 2 is 2.24 bits per heavy atom. The van der Waals surface area contributed by atoms with Crippen LogP contribution in [0, 0.1) is 6.92 Å². The van der Waals surface area contributed by atoms with Crippen LogP contribution in [0.25, 0.3) is 10.9 Å². The van der Waals surface area contributed by atoms with Crippen LogP contribution in [0.3, 0.4) is 0 Å². The van der Waals surface area contributed by atoms with Crippen molar-refractivity contribution in [3.8, 4) is 0 Å². The smallest absolute Gasteiger partial charge is 0.256 e. The molecule has 21 heavy (non-hydrogen) atoms. The van der Waals surface area contributed by atoms with Gasteiger partial charge in [-0.05, 0) is 32.8 Å². The Labute approximate surface area is 125 Å². The number of rotatable bonds is 3. The number of hydrogen-bond donors (Lipinski definition) is 1. The molecule has 4 heteroatoms. The van der Waals surface area contributed by atoms with Crippen molar-refractivity contribution in [3.05, 3.63) is 35.5 Å². The highest BCUT2D eigenvalue weighted by Gasteiger charge is 2.27. The van der Waals surface area contributed by atoms with Crippen LogP contribution < -0.4 is 0 Å². The molecule has 1 aromatic carbocycles. The highest BCUT2D eigenvalue weighted by Crippen LogP contribution is 2.25. The molecule has 0 bridgehead atoms. The SMILES string of the molecule is CCO[C@H]1CCCN(C(=O)c2c(C)[nH]c3ccccc23)C1. The number of carbonyl (C=O) groups is 1. The van der Waals surface area contributed by atoms with Crippen molar-refractivity contribution in [1.29, 1.82) is 0 Å². The minimum absolute atomic E-state index is 0.120. The largest absolute Gasteiger partial charge is 0.377 e. The molecule has 0 saturated carbocycles. The fourth-order valence-electron chi connectivity index (χ4n) is 3.20. The zero-order valence-electron chi connectivity index (χ0n) is 12.7. The van der Waals surface area contributed by atoms with E-state index in [1.165, 1.54) is 0 Å². The van der Waals surface area contributed by atoms with E-state index in [2.05, 4.69) is 4.98 Å². The predicted molar refractivity (Wildman–Crippen MR) is 83.6 cm³/mol. The number of aromatic amines is 1. The summed E-state index contributed by atoms with van der Waals surface area (Å²) < 4.78 is 5.70. The maximum Gasteiger partial charge on any atom is 0.256 e. The number of aromatic nitrogens is 1. The Hall–Kier alpha value is -1.81. The molecule has 1 aliphatic heterocycles. The lowest BCUT2D eigenvalue weighted by Gasteiger charge is -2.32. The quantitative estimate of drug-likeness (QED) is 0.942. The van der Waals surface area contributed by atoms with E-state index in [1.807, 2.05) is 43.0 Å². The first-order valence-corrected chi connectivity index (χ1v) is 7.69. The van der Waals surface area contributed by atoms with Crippen LogP contribution in [-0.2, 0) is 4.74 Å². The summed E-state index contributed by atoms with van der Waals surface area (Å²) in [5.74, 6) is 0.120. The third-order valence-electron chi connectivity index (χ3n) is 4.18. The third kappa shape index (κ3) is 2.68. The molecule has 1 saturated heterocycles. The van der Waals surface area contributed by atoms with Crippen molar-refractivity contribution in [1.82, 2.24) is 9.88 Å². The maximum atomic E-state index is 12.9. The Morgan fingerprint density at radius 3 is 3.05 bits per heavy atom. The first kappa shape index (κ1) is 14.1. The first-order valence-electron chi connectivity index (χ1n) is 7.69. The molecule has 0 radical (unpaired) electrons. The van der Waals surface area contributed by atoms with Gasteiger partial charge in [0.1, 0.15) is 0 Å². The van der Waals surface area contributed by atoms with Gasteiger partial charge < -0.3 is 14.6 Å². The van der Waals surface area contributed by atoms with Gasteiger partial charge in [-0.1, -0.05) is 18.2 Å². The van der Waals surface area contributed by atoms with E-state index in [-0.39, 0.29) is 12.0 Å². The van der Waals surface area contributed by atoms with Crippen molar-refractivity contribution in [2.24, 2.45) is 0 Å². The van der Waals surface area contributed by atoms with Crippen LogP contribution in [0.15, 0.2) is 24.3 Å². The lowest BCUT2D eigenvalue weighted by Crippen LogP contribution is -2.43. The van der Waals surface area contributed by atoms with E-state index >= 15 is 0 Å². The molecule has 1 N–H and O–H groups in total. The number of H-pyrrole nitrogens is 1. The van der Waals surface area contributed by atoms with E-state index in [0.717, 1.165) is 41.5 Å². The number of nitrogens with one attached hydrogen (secondary N) is 1. The Morgan fingerprint density at radius 1 is 1.43 bits per heavy atom. The summed E-state index contributed by atoms with van der Waals surface area (Å²) in [6.07, 6.45) is 2.24. The van der Waals surface area contributed by atoms with Gasteiger partial charge in [0.15, 0.2) is 0 Å². The fourth-order valence-corrected chi connectivity index (χ4v) is 3.20. The number of hydrogen-bond acceptors (Lipinski definition) is 2. The molecular formula is C17H22N2O2. The Bertz CT molecular complexity index is 645. The second kappa shape index (κ2) is 5.90. The van der Waals surface area contributed by atoms with Gasteiger partial charge in [0.25, 0.3) is 5.91 Å². The summed E-state index contributed by atoms with van der Waals surface area (Å²) in [7, 11) is 0. The summed E-state index contributed by atoms with van der Waals surface area (Å²) in [4.78, 5) is 18.1. The normalized spacial score (nSPS) is 19.1. The molecule has 1 fully saturated rings. The van der Waals surface area contributed by atoms with E-state index in [0.29, 0.717) is 13.2 Å². The molecule has 2 aromatic rings. The first-order chi connectivity index (χ1) is 10.2. The monoisotopic (exact) mass is 286 g/mol. The summed E-state index contributed by atoms with van der Waals surface area (Å²) in [6, 6.07) is 7.98. The molecule has 1 amide bonds. The summed E-state index contributed by atoms with van der Waals surface area (Å²) in [6.45, 7) is 6.20. The molecule has 112 valence electrons. The van der Waals surface area contributed by atoms with Crippen LogP contribution in [0.1, 0.15) is 35.8 Å². The van der Waals surface area contributed by atoms with Crippen molar-refractivity contribution < 1.29 is 9.53 Å².